The molecule has 1 heteroatoms. The lowest BCUT2D eigenvalue weighted by Crippen LogP contribution is -2.28. The first-order valence-corrected chi connectivity index (χ1v) is 3.68. The average molecular weight is 147 g/mol. The molecule has 1 aliphatic rings. The highest BCUT2D eigenvalue weighted by atomic mass is 14.9. The van der Waals surface area contributed by atoms with Gasteiger partial charge >= 0.3 is 0 Å². The van der Waals surface area contributed by atoms with Gasteiger partial charge in [0.15, 0.2) is 0 Å². The first-order valence-electron chi connectivity index (χ1n) is 3.68. The third kappa shape index (κ3) is 1.61. The second-order valence-corrected chi connectivity index (χ2v) is 2.58. The molecule has 0 spiro atoms. The maximum atomic E-state index is 3.74. The second kappa shape index (κ2) is 3.24. The lowest BCUT2D eigenvalue weighted by atomic mass is 10.0. The van der Waals surface area contributed by atoms with Gasteiger partial charge in [0.1, 0.15) is 0 Å². The van der Waals surface area contributed by atoms with Crippen molar-refractivity contribution in [1.29, 1.82) is 0 Å². The summed E-state index contributed by atoms with van der Waals surface area (Å²) < 4.78 is 0. The summed E-state index contributed by atoms with van der Waals surface area (Å²) in [7, 11) is 0. The summed E-state index contributed by atoms with van der Waals surface area (Å²) in [5.41, 5.74) is 2.34. The van der Waals surface area contributed by atoms with Gasteiger partial charge in [-0.15, -0.1) is 6.58 Å². The number of allylic oxidation sites excluding steroid dienone is 3. The number of hydrogen-bond donors (Lipinski definition) is 1. The van der Waals surface area contributed by atoms with Crippen molar-refractivity contribution in [2.45, 2.75) is 13.0 Å². The normalized spacial score (nSPS) is 22.8. The Morgan fingerprint density at radius 3 is 2.73 bits per heavy atom. The topological polar surface area (TPSA) is 12.0 Å². The predicted octanol–water partition coefficient (Wildman–Crippen LogP) is 2.16. The maximum Gasteiger partial charge on any atom is 0.0692 e. The third-order valence-corrected chi connectivity index (χ3v) is 1.74. The standard InChI is InChI=1S/C10H13N/c1-4-9-7-6-8(3)11-10(9)5-2/h4-7,10-11H,1-2H2,3H3. The third-order valence-electron chi connectivity index (χ3n) is 1.74. The van der Waals surface area contributed by atoms with Crippen LogP contribution in [0.2, 0.25) is 0 Å². The van der Waals surface area contributed by atoms with Crippen molar-refractivity contribution in [3.05, 3.63) is 48.7 Å². The molecular formula is C10H13N. The molecule has 0 aliphatic carbocycles. The van der Waals surface area contributed by atoms with Crippen LogP contribution >= 0.6 is 0 Å². The minimum Gasteiger partial charge on any atom is -0.378 e. The minimum atomic E-state index is 0.234. The summed E-state index contributed by atoms with van der Waals surface area (Å²) in [6.45, 7) is 9.50. The van der Waals surface area contributed by atoms with Crippen molar-refractivity contribution < 1.29 is 0 Å². The van der Waals surface area contributed by atoms with Crippen molar-refractivity contribution in [2.75, 3.05) is 0 Å². The summed E-state index contributed by atoms with van der Waals surface area (Å²) >= 11 is 0. The molecule has 1 rings (SSSR count). The molecule has 0 saturated carbocycles. The molecule has 0 amide bonds. The number of rotatable bonds is 2. The quantitative estimate of drug-likeness (QED) is 0.590. The van der Waals surface area contributed by atoms with E-state index in [1.165, 1.54) is 11.3 Å². The maximum absolute atomic E-state index is 3.74. The van der Waals surface area contributed by atoms with Gasteiger partial charge in [0.05, 0.1) is 6.04 Å². The zero-order valence-electron chi connectivity index (χ0n) is 6.80. The zero-order valence-corrected chi connectivity index (χ0v) is 6.80. The van der Waals surface area contributed by atoms with E-state index in [9.17, 15) is 0 Å². The highest BCUT2D eigenvalue weighted by molar-refractivity contribution is 5.36. The van der Waals surface area contributed by atoms with Gasteiger partial charge in [-0.2, -0.15) is 0 Å². The van der Waals surface area contributed by atoms with Crippen molar-refractivity contribution in [2.24, 2.45) is 0 Å². The highest BCUT2D eigenvalue weighted by Gasteiger charge is 2.09. The smallest absolute Gasteiger partial charge is 0.0692 e. The SMILES string of the molecule is C=CC1=CC=C(C)NC1C=C. The van der Waals surface area contributed by atoms with Gasteiger partial charge in [-0.05, 0) is 18.6 Å². The molecule has 1 unspecified atom stereocenters. The monoisotopic (exact) mass is 147 g/mol. The molecule has 1 aliphatic heterocycles. The molecule has 1 heterocycles. The van der Waals surface area contributed by atoms with Crippen LogP contribution in [0.3, 0.4) is 0 Å². The molecule has 1 atom stereocenters. The zero-order chi connectivity index (χ0) is 8.27. The van der Waals surface area contributed by atoms with Crippen LogP contribution in [0.1, 0.15) is 6.92 Å². The van der Waals surface area contributed by atoms with E-state index >= 15 is 0 Å². The molecule has 0 radical (unpaired) electrons. The van der Waals surface area contributed by atoms with Crippen LogP contribution in [0.4, 0.5) is 0 Å². The van der Waals surface area contributed by atoms with Crippen LogP contribution in [-0.2, 0) is 0 Å². The Labute approximate surface area is 67.8 Å². The Balaban J connectivity index is 2.87. The molecule has 1 nitrogen and oxygen atoms in total. The van der Waals surface area contributed by atoms with Crippen molar-refractivity contribution in [3.63, 3.8) is 0 Å². The highest BCUT2D eigenvalue weighted by Crippen LogP contribution is 2.12. The Kier molecular flexibility index (Phi) is 2.32. The van der Waals surface area contributed by atoms with Gasteiger partial charge in [-0.1, -0.05) is 24.8 Å². The molecule has 58 valence electrons. The number of dihydropyridines is 1. The Bertz CT molecular complexity index is 233. The Morgan fingerprint density at radius 1 is 1.45 bits per heavy atom. The molecule has 0 saturated heterocycles. The Hall–Kier alpha value is -1.24. The molecule has 0 aromatic rings. The molecule has 0 fully saturated rings. The minimum absolute atomic E-state index is 0.234. The van der Waals surface area contributed by atoms with Crippen molar-refractivity contribution >= 4 is 0 Å². The van der Waals surface area contributed by atoms with Gasteiger partial charge in [0.2, 0.25) is 0 Å². The summed E-state index contributed by atoms with van der Waals surface area (Å²) in [5.74, 6) is 0. The fraction of sp³-hybridized carbons (Fsp3) is 0.200. The van der Waals surface area contributed by atoms with E-state index in [4.69, 9.17) is 0 Å². The van der Waals surface area contributed by atoms with E-state index in [1.54, 1.807) is 0 Å². The van der Waals surface area contributed by atoms with E-state index in [-0.39, 0.29) is 6.04 Å². The van der Waals surface area contributed by atoms with E-state index in [1.807, 2.05) is 25.2 Å². The van der Waals surface area contributed by atoms with E-state index < -0.39 is 0 Å². The van der Waals surface area contributed by atoms with Crippen LogP contribution in [0, 0.1) is 0 Å². The van der Waals surface area contributed by atoms with Crippen LogP contribution in [-0.4, -0.2) is 6.04 Å². The second-order valence-electron chi connectivity index (χ2n) is 2.58. The lowest BCUT2D eigenvalue weighted by Gasteiger charge is -2.20. The van der Waals surface area contributed by atoms with Crippen molar-refractivity contribution in [3.8, 4) is 0 Å². The van der Waals surface area contributed by atoms with Gasteiger partial charge in [-0.3, -0.25) is 0 Å². The Morgan fingerprint density at radius 2 is 2.18 bits per heavy atom. The molecule has 0 bridgehead atoms. The molecule has 0 aromatic carbocycles. The van der Waals surface area contributed by atoms with Crippen LogP contribution in [0.5, 0.6) is 0 Å². The van der Waals surface area contributed by atoms with E-state index in [2.05, 4.69) is 24.6 Å². The lowest BCUT2D eigenvalue weighted by molar-refractivity contribution is 0.752. The van der Waals surface area contributed by atoms with Crippen molar-refractivity contribution in [1.82, 2.24) is 5.32 Å². The fourth-order valence-electron chi connectivity index (χ4n) is 1.09. The molecule has 1 N–H and O–H groups in total. The van der Waals surface area contributed by atoms with E-state index in [0.717, 1.165) is 0 Å². The van der Waals surface area contributed by atoms with Crippen LogP contribution in [0.15, 0.2) is 48.7 Å². The predicted molar refractivity (Wildman–Crippen MR) is 49.2 cm³/mol. The van der Waals surface area contributed by atoms with Gasteiger partial charge in [-0.25, -0.2) is 0 Å². The fourth-order valence-corrected chi connectivity index (χ4v) is 1.09. The van der Waals surface area contributed by atoms with Gasteiger partial charge in [0.25, 0.3) is 0 Å². The van der Waals surface area contributed by atoms with Crippen LogP contribution in [0.25, 0.3) is 0 Å². The molecular weight excluding hydrogens is 134 g/mol. The summed E-state index contributed by atoms with van der Waals surface area (Å²) in [6.07, 6.45) is 7.83. The van der Waals surface area contributed by atoms with E-state index in [0.29, 0.717) is 0 Å². The van der Waals surface area contributed by atoms with Crippen LogP contribution < -0.4 is 5.32 Å². The number of hydrogen-bond acceptors (Lipinski definition) is 1. The number of nitrogens with one attached hydrogen (secondary N) is 1. The largest absolute Gasteiger partial charge is 0.378 e. The van der Waals surface area contributed by atoms with Gasteiger partial charge in [0, 0.05) is 5.70 Å². The first-order chi connectivity index (χ1) is 5.27. The van der Waals surface area contributed by atoms with Gasteiger partial charge < -0.3 is 5.32 Å². The molecule has 11 heavy (non-hydrogen) atoms. The first kappa shape index (κ1) is 7.86. The molecule has 0 aromatic heterocycles. The summed E-state index contributed by atoms with van der Waals surface area (Å²) in [5, 5.41) is 3.27. The average Bonchev–Trinajstić information content (AvgIpc) is 2.04. The summed E-state index contributed by atoms with van der Waals surface area (Å²) in [4.78, 5) is 0. The summed E-state index contributed by atoms with van der Waals surface area (Å²) in [6, 6.07) is 0.234.